The molecular weight excluding hydrogens is 222 g/mol. The van der Waals surface area contributed by atoms with E-state index in [-0.39, 0.29) is 0 Å². The van der Waals surface area contributed by atoms with Crippen molar-refractivity contribution in [2.24, 2.45) is 0 Å². The number of nitrogens with zero attached hydrogens (tertiary/aromatic N) is 1. The second-order valence-electron chi connectivity index (χ2n) is 4.03. The Morgan fingerprint density at radius 3 is 2.56 bits per heavy atom. The number of halogens is 1. The van der Waals surface area contributed by atoms with Gasteiger partial charge in [-0.3, -0.25) is 4.90 Å². The smallest absolute Gasteiger partial charge is 0.0407 e. The lowest BCUT2D eigenvalue weighted by molar-refractivity contribution is 0.249. The Kier molecular flexibility index (Phi) is 4.45. The molecule has 4 heteroatoms. The Labute approximate surface area is 102 Å². The normalized spacial score (nSPS) is 17.3. The summed E-state index contributed by atoms with van der Waals surface area (Å²) in [5.41, 5.74) is 1.14. The molecule has 0 aliphatic carbocycles. The molecule has 1 heterocycles. The third-order valence-corrected chi connectivity index (χ3v) is 3.06. The first-order chi connectivity index (χ1) is 7.84. The fourth-order valence-corrected chi connectivity index (χ4v) is 1.99. The number of hydrogen-bond donors (Lipinski definition) is 2. The Hall–Kier alpha value is -0.770. The minimum Gasteiger partial charge on any atom is -0.384 e. The zero-order valence-corrected chi connectivity index (χ0v) is 10.1. The Morgan fingerprint density at radius 2 is 1.88 bits per heavy atom. The molecule has 2 rings (SSSR count). The summed E-state index contributed by atoms with van der Waals surface area (Å²) in [4.78, 5) is 2.47. The van der Waals surface area contributed by atoms with Crippen molar-refractivity contribution in [3.05, 3.63) is 29.3 Å². The number of piperazine rings is 1. The van der Waals surface area contributed by atoms with Gasteiger partial charge in [-0.25, -0.2) is 0 Å². The number of hydrogen-bond acceptors (Lipinski definition) is 3. The van der Waals surface area contributed by atoms with Crippen LogP contribution in [0.4, 0.5) is 5.69 Å². The molecule has 1 saturated heterocycles. The Morgan fingerprint density at radius 1 is 1.19 bits per heavy atom. The van der Waals surface area contributed by atoms with Crippen LogP contribution in [-0.2, 0) is 0 Å². The first kappa shape index (κ1) is 11.7. The first-order valence-corrected chi connectivity index (χ1v) is 6.15. The summed E-state index contributed by atoms with van der Waals surface area (Å²) in [6.07, 6.45) is 0. The highest BCUT2D eigenvalue weighted by Gasteiger charge is 2.07. The summed E-state index contributed by atoms with van der Waals surface area (Å²) >= 11 is 5.82. The number of anilines is 1. The molecular formula is C12H18ClN3. The van der Waals surface area contributed by atoms with E-state index in [0.717, 1.165) is 50.0 Å². The second-order valence-corrected chi connectivity index (χ2v) is 4.46. The molecule has 0 saturated carbocycles. The van der Waals surface area contributed by atoms with Crippen LogP contribution in [0.3, 0.4) is 0 Å². The lowest BCUT2D eigenvalue weighted by Crippen LogP contribution is -2.45. The summed E-state index contributed by atoms with van der Waals surface area (Å²) < 4.78 is 0. The minimum absolute atomic E-state index is 0.785. The topological polar surface area (TPSA) is 27.3 Å². The minimum atomic E-state index is 0.785. The van der Waals surface area contributed by atoms with Crippen LogP contribution >= 0.6 is 11.6 Å². The molecule has 0 aromatic heterocycles. The SMILES string of the molecule is Clc1ccc(NCCN2CCNCC2)cc1. The van der Waals surface area contributed by atoms with Crippen molar-refractivity contribution in [3.63, 3.8) is 0 Å². The van der Waals surface area contributed by atoms with Gasteiger partial charge in [-0.15, -0.1) is 0 Å². The third kappa shape index (κ3) is 3.67. The number of rotatable bonds is 4. The first-order valence-electron chi connectivity index (χ1n) is 5.77. The van der Waals surface area contributed by atoms with Crippen molar-refractivity contribution in [1.29, 1.82) is 0 Å². The van der Waals surface area contributed by atoms with Gasteiger partial charge < -0.3 is 10.6 Å². The predicted molar refractivity (Wildman–Crippen MR) is 69.3 cm³/mol. The molecule has 0 bridgehead atoms. The maximum atomic E-state index is 5.82. The van der Waals surface area contributed by atoms with E-state index in [1.165, 1.54) is 0 Å². The van der Waals surface area contributed by atoms with Gasteiger partial charge in [0.2, 0.25) is 0 Å². The van der Waals surface area contributed by atoms with Crippen molar-refractivity contribution in [2.75, 3.05) is 44.6 Å². The molecule has 0 unspecified atom stereocenters. The van der Waals surface area contributed by atoms with Crippen molar-refractivity contribution in [1.82, 2.24) is 10.2 Å². The molecule has 1 aromatic carbocycles. The monoisotopic (exact) mass is 239 g/mol. The predicted octanol–water partition coefficient (Wildman–Crippen LogP) is 1.66. The van der Waals surface area contributed by atoms with Gasteiger partial charge in [0, 0.05) is 50.0 Å². The van der Waals surface area contributed by atoms with Crippen LogP contribution in [0.2, 0.25) is 5.02 Å². The molecule has 1 aliphatic heterocycles. The van der Waals surface area contributed by atoms with Gasteiger partial charge >= 0.3 is 0 Å². The highest BCUT2D eigenvalue weighted by atomic mass is 35.5. The van der Waals surface area contributed by atoms with Gasteiger partial charge in [0.25, 0.3) is 0 Å². The average Bonchev–Trinajstić information content (AvgIpc) is 2.33. The lowest BCUT2D eigenvalue weighted by Gasteiger charge is -2.27. The van der Waals surface area contributed by atoms with Crippen LogP contribution < -0.4 is 10.6 Å². The average molecular weight is 240 g/mol. The fraction of sp³-hybridized carbons (Fsp3) is 0.500. The van der Waals surface area contributed by atoms with Gasteiger partial charge in [0.05, 0.1) is 0 Å². The van der Waals surface area contributed by atoms with E-state index in [0.29, 0.717) is 0 Å². The van der Waals surface area contributed by atoms with E-state index in [9.17, 15) is 0 Å². The maximum absolute atomic E-state index is 5.82. The summed E-state index contributed by atoms with van der Waals surface area (Å²) in [5, 5.41) is 7.54. The lowest BCUT2D eigenvalue weighted by atomic mass is 10.3. The van der Waals surface area contributed by atoms with Crippen molar-refractivity contribution >= 4 is 17.3 Å². The second kappa shape index (κ2) is 6.09. The van der Waals surface area contributed by atoms with Crippen LogP contribution in [-0.4, -0.2) is 44.2 Å². The summed E-state index contributed by atoms with van der Waals surface area (Å²) in [7, 11) is 0. The number of benzene rings is 1. The molecule has 2 N–H and O–H groups in total. The standard InChI is InChI=1S/C12H18ClN3/c13-11-1-3-12(4-2-11)15-7-10-16-8-5-14-6-9-16/h1-4,14-15H,5-10H2. The molecule has 88 valence electrons. The molecule has 1 aliphatic rings. The third-order valence-electron chi connectivity index (χ3n) is 2.81. The maximum Gasteiger partial charge on any atom is 0.0407 e. The van der Waals surface area contributed by atoms with Crippen LogP contribution in [0.15, 0.2) is 24.3 Å². The summed E-state index contributed by atoms with van der Waals surface area (Å²) in [6, 6.07) is 7.85. The van der Waals surface area contributed by atoms with Crippen LogP contribution in [0.5, 0.6) is 0 Å². The van der Waals surface area contributed by atoms with E-state index in [1.807, 2.05) is 24.3 Å². The fourth-order valence-electron chi connectivity index (χ4n) is 1.86. The van der Waals surface area contributed by atoms with E-state index in [4.69, 9.17) is 11.6 Å². The van der Waals surface area contributed by atoms with Crippen LogP contribution in [0.25, 0.3) is 0 Å². The summed E-state index contributed by atoms with van der Waals surface area (Å²) in [6.45, 7) is 6.62. The van der Waals surface area contributed by atoms with Crippen molar-refractivity contribution in [3.8, 4) is 0 Å². The van der Waals surface area contributed by atoms with Crippen molar-refractivity contribution < 1.29 is 0 Å². The number of nitrogens with one attached hydrogen (secondary N) is 2. The van der Waals surface area contributed by atoms with Gasteiger partial charge in [-0.1, -0.05) is 11.6 Å². The highest BCUT2D eigenvalue weighted by Crippen LogP contribution is 2.12. The van der Waals surface area contributed by atoms with Gasteiger partial charge in [-0.05, 0) is 24.3 Å². The van der Waals surface area contributed by atoms with E-state index in [2.05, 4.69) is 15.5 Å². The summed E-state index contributed by atoms with van der Waals surface area (Å²) in [5.74, 6) is 0. The molecule has 16 heavy (non-hydrogen) atoms. The molecule has 0 radical (unpaired) electrons. The molecule has 0 atom stereocenters. The van der Waals surface area contributed by atoms with E-state index >= 15 is 0 Å². The quantitative estimate of drug-likeness (QED) is 0.837. The molecule has 0 amide bonds. The van der Waals surface area contributed by atoms with Gasteiger partial charge in [0.15, 0.2) is 0 Å². The zero-order chi connectivity index (χ0) is 11.2. The molecule has 1 aromatic rings. The molecule has 0 spiro atoms. The van der Waals surface area contributed by atoms with E-state index < -0.39 is 0 Å². The van der Waals surface area contributed by atoms with Gasteiger partial charge in [-0.2, -0.15) is 0 Å². The largest absolute Gasteiger partial charge is 0.384 e. The molecule has 3 nitrogen and oxygen atoms in total. The van der Waals surface area contributed by atoms with Crippen molar-refractivity contribution in [2.45, 2.75) is 0 Å². The highest BCUT2D eigenvalue weighted by molar-refractivity contribution is 6.30. The molecule has 1 fully saturated rings. The van der Waals surface area contributed by atoms with Crippen LogP contribution in [0, 0.1) is 0 Å². The van der Waals surface area contributed by atoms with E-state index in [1.54, 1.807) is 0 Å². The zero-order valence-electron chi connectivity index (χ0n) is 9.38. The Balaban J connectivity index is 1.69. The van der Waals surface area contributed by atoms with Gasteiger partial charge in [0.1, 0.15) is 0 Å². The van der Waals surface area contributed by atoms with Crippen LogP contribution in [0.1, 0.15) is 0 Å². The Bertz CT molecular complexity index is 307.